The Morgan fingerprint density at radius 3 is 2.93 bits per heavy atom. The van der Waals surface area contributed by atoms with Crippen molar-refractivity contribution in [1.82, 2.24) is 25.7 Å². The zero-order chi connectivity index (χ0) is 19.2. The van der Waals surface area contributed by atoms with Crippen LogP contribution in [0, 0.1) is 5.82 Å². The number of nitrogens with zero attached hydrogens (tertiary/aromatic N) is 3. The number of aromatic amines is 1. The molecule has 0 spiro atoms. The number of hydrogen-bond acceptors (Lipinski definition) is 5. The second-order valence-electron chi connectivity index (χ2n) is 5.91. The highest BCUT2D eigenvalue weighted by molar-refractivity contribution is 6.31. The molecule has 0 radical (unpaired) electrons. The largest absolute Gasteiger partial charge is 0.340 e. The third-order valence-electron chi connectivity index (χ3n) is 3.91. The first-order valence-electron chi connectivity index (χ1n) is 8.61. The Hall–Kier alpha value is -2.55. The van der Waals surface area contributed by atoms with E-state index in [-0.39, 0.29) is 10.9 Å². The zero-order valence-corrected chi connectivity index (χ0v) is 15.5. The Kier molecular flexibility index (Phi) is 6.33. The topological polar surface area (TPSA) is 98.2 Å². The highest BCUT2D eigenvalue weighted by Crippen LogP contribution is 2.23. The van der Waals surface area contributed by atoms with Crippen molar-refractivity contribution >= 4 is 34.3 Å². The fraction of sp³-hybridized carbons (Fsp3) is 0.278. The van der Waals surface area contributed by atoms with E-state index in [1.165, 1.54) is 18.2 Å². The number of rotatable bonds is 7. The van der Waals surface area contributed by atoms with Gasteiger partial charge in [-0.2, -0.15) is 0 Å². The van der Waals surface area contributed by atoms with E-state index in [1.807, 2.05) is 0 Å². The molecule has 2 heterocycles. The van der Waals surface area contributed by atoms with Crippen molar-refractivity contribution in [3.63, 3.8) is 0 Å². The number of imidazole rings is 1. The van der Waals surface area contributed by atoms with E-state index in [1.54, 1.807) is 12.3 Å². The van der Waals surface area contributed by atoms with Crippen LogP contribution in [0.3, 0.4) is 0 Å². The van der Waals surface area contributed by atoms with Gasteiger partial charge >= 0.3 is 0 Å². The number of amidine groups is 1. The fourth-order valence-corrected chi connectivity index (χ4v) is 2.79. The van der Waals surface area contributed by atoms with E-state index in [0.29, 0.717) is 22.4 Å². The highest BCUT2D eigenvalue weighted by Gasteiger charge is 2.13. The summed E-state index contributed by atoms with van der Waals surface area (Å²) >= 11 is 5.80. The van der Waals surface area contributed by atoms with Crippen LogP contribution in [0.4, 0.5) is 10.1 Å². The minimum Gasteiger partial charge on any atom is -0.340 e. The Morgan fingerprint density at radius 2 is 2.19 bits per heavy atom. The van der Waals surface area contributed by atoms with Gasteiger partial charge in [-0.25, -0.2) is 19.4 Å². The lowest BCUT2D eigenvalue weighted by atomic mass is 10.2. The van der Waals surface area contributed by atoms with Crippen LogP contribution in [0.5, 0.6) is 0 Å². The van der Waals surface area contributed by atoms with Crippen molar-refractivity contribution in [3.8, 4) is 0 Å². The molecule has 0 saturated carbocycles. The summed E-state index contributed by atoms with van der Waals surface area (Å²) in [7, 11) is 0. The molecule has 0 aliphatic heterocycles. The Balaban J connectivity index is 1.92. The molecule has 9 heteroatoms. The van der Waals surface area contributed by atoms with Crippen molar-refractivity contribution in [2.24, 2.45) is 4.99 Å². The van der Waals surface area contributed by atoms with Gasteiger partial charge in [-0.15, -0.1) is 0 Å². The number of hydroxylamine groups is 1. The van der Waals surface area contributed by atoms with E-state index in [2.05, 4.69) is 37.7 Å². The summed E-state index contributed by atoms with van der Waals surface area (Å²) in [5, 5.41) is 12.9. The van der Waals surface area contributed by atoms with Crippen LogP contribution in [0.1, 0.15) is 24.7 Å². The summed E-state index contributed by atoms with van der Waals surface area (Å²) in [5.74, 6) is 0.426. The second kappa shape index (κ2) is 8.90. The number of pyridine rings is 1. The lowest BCUT2D eigenvalue weighted by Gasteiger charge is -2.06. The number of fused-ring (bicyclic) bond motifs is 1. The lowest BCUT2D eigenvalue weighted by Crippen LogP contribution is -2.20. The maximum absolute atomic E-state index is 13.3. The second-order valence-corrected chi connectivity index (χ2v) is 6.32. The molecule has 0 aliphatic rings. The predicted molar refractivity (Wildman–Crippen MR) is 103 cm³/mol. The van der Waals surface area contributed by atoms with Gasteiger partial charge in [-0.3, -0.25) is 10.7 Å². The average Bonchev–Trinajstić information content (AvgIpc) is 3.09. The summed E-state index contributed by atoms with van der Waals surface area (Å²) in [5.41, 5.74) is 4.24. The molecular weight excluding hydrogens is 371 g/mol. The maximum atomic E-state index is 13.3. The van der Waals surface area contributed by atoms with Crippen LogP contribution in [0.15, 0.2) is 35.5 Å². The molecule has 3 aromatic rings. The molecule has 0 unspecified atom stereocenters. The quantitative estimate of drug-likeness (QED) is 0.215. The molecule has 142 valence electrons. The van der Waals surface area contributed by atoms with E-state index >= 15 is 0 Å². The van der Waals surface area contributed by atoms with E-state index in [0.717, 1.165) is 31.8 Å². The van der Waals surface area contributed by atoms with E-state index < -0.39 is 5.82 Å². The van der Waals surface area contributed by atoms with E-state index in [9.17, 15) is 9.60 Å². The van der Waals surface area contributed by atoms with Gasteiger partial charge in [0.05, 0.1) is 16.2 Å². The van der Waals surface area contributed by atoms with E-state index in [4.69, 9.17) is 11.6 Å². The molecule has 3 rings (SSSR count). The summed E-state index contributed by atoms with van der Waals surface area (Å²) in [6.45, 7) is 3.87. The molecule has 0 atom stereocenters. The van der Waals surface area contributed by atoms with Crippen molar-refractivity contribution in [3.05, 3.63) is 52.7 Å². The van der Waals surface area contributed by atoms with Gasteiger partial charge in [0.15, 0.2) is 11.5 Å². The number of aromatic nitrogens is 3. The first-order chi connectivity index (χ1) is 13.1. The number of hydrogen-bond donors (Lipinski definition) is 4. The molecule has 0 amide bonds. The number of benzene rings is 1. The van der Waals surface area contributed by atoms with Gasteiger partial charge in [0.25, 0.3) is 0 Å². The van der Waals surface area contributed by atoms with Crippen molar-refractivity contribution in [1.29, 1.82) is 0 Å². The maximum Gasteiger partial charge on any atom is 0.178 e. The molecule has 0 saturated heterocycles. The van der Waals surface area contributed by atoms with Gasteiger partial charge < -0.3 is 10.3 Å². The average molecular weight is 391 g/mol. The third kappa shape index (κ3) is 4.60. The van der Waals surface area contributed by atoms with Gasteiger partial charge in [0.1, 0.15) is 11.6 Å². The first kappa shape index (κ1) is 19.2. The van der Waals surface area contributed by atoms with Crippen LogP contribution in [-0.2, 0) is 6.42 Å². The van der Waals surface area contributed by atoms with Gasteiger partial charge in [0.2, 0.25) is 0 Å². The van der Waals surface area contributed by atoms with Crippen LogP contribution in [0.25, 0.3) is 11.2 Å². The molecule has 2 aromatic heterocycles. The van der Waals surface area contributed by atoms with Gasteiger partial charge in [-0.05, 0) is 37.2 Å². The molecule has 4 N–H and O–H groups in total. The molecular formula is C18H20ClFN6O. The molecule has 0 aliphatic carbocycles. The van der Waals surface area contributed by atoms with Gasteiger partial charge in [0, 0.05) is 24.7 Å². The minimum absolute atomic E-state index is 0.0446. The smallest absolute Gasteiger partial charge is 0.178 e. The van der Waals surface area contributed by atoms with Crippen molar-refractivity contribution in [2.75, 3.05) is 13.1 Å². The number of aliphatic imine (C=N–C) groups is 1. The van der Waals surface area contributed by atoms with Gasteiger partial charge in [-0.1, -0.05) is 18.5 Å². The number of halogens is 2. The van der Waals surface area contributed by atoms with Crippen LogP contribution in [-0.4, -0.2) is 39.1 Å². The van der Waals surface area contributed by atoms with Crippen LogP contribution in [0.2, 0.25) is 5.02 Å². The highest BCUT2D eigenvalue weighted by atomic mass is 35.5. The third-order valence-corrected chi connectivity index (χ3v) is 4.20. The zero-order valence-electron chi connectivity index (χ0n) is 14.8. The van der Waals surface area contributed by atoms with Crippen LogP contribution < -0.4 is 10.8 Å². The first-order valence-corrected chi connectivity index (χ1v) is 8.98. The Bertz CT molecular complexity index is 958. The van der Waals surface area contributed by atoms with Crippen molar-refractivity contribution in [2.45, 2.75) is 19.8 Å². The normalized spacial score (nSPS) is 11.9. The SMILES string of the molecule is CCCNCCc1nc2nccc(C(=Nc3ccc(F)c(Cl)c3)NO)c2[nH]1. The standard InChI is InChI=1S/C18H20ClFN6O/c1-2-7-21-8-6-15-24-16-12(5-9-22-18(16)25-15)17(26-27)23-11-3-4-14(20)13(19)10-11/h3-5,9-10,21,27H,2,6-8H2,1H3,(H,23,26)(H,22,24,25). The predicted octanol–water partition coefficient (Wildman–Crippen LogP) is 3.35. The molecule has 0 bridgehead atoms. The molecule has 27 heavy (non-hydrogen) atoms. The summed E-state index contributed by atoms with van der Waals surface area (Å²) < 4.78 is 13.3. The lowest BCUT2D eigenvalue weighted by molar-refractivity contribution is 0.235. The number of H-pyrrole nitrogens is 1. The fourth-order valence-electron chi connectivity index (χ4n) is 2.61. The summed E-state index contributed by atoms with van der Waals surface area (Å²) in [6.07, 6.45) is 3.38. The molecule has 7 nitrogen and oxygen atoms in total. The molecule has 1 aromatic carbocycles. The summed E-state index contributed by atoms with van der Waals surface area (Å²) in [6, 6.07) is 5.77. The Morgan fingerprint density at radius 1 is 1.33 bits per heavy atom. The minimum atomic E-state index is -0.532. The number of nitrogens with one attached hydrogen (secondary N) is 3. The Labute approximate surface area is 160 Å². The summed E-state index contributed by atoms with van der Waals surface area (Å²) in [4.78, 5) is 16.3. The monoisotopic (exact) mass is 390 g/mol. The molecule has 0 fully saturated rings. The van der Waals surface area contributed by atoms with Crippen LogP contribution >= 0.6 is 11.6 Å². The van der Waals surface area contributed by atoms with Crippen molar-refractivity contribution < 1.29 is 9.60 Å².